The number of amides is 1. The van der Waals surface area contributed by atoms with E-state index in [4.69, 9.17) is 4.99 Å². The smallest absolute Gasteiger partial charge is 0.226 e. The molecule has 1 aromatic rings. The summed E-state index contributed by atoms with van der Waals surface area (Å²) in [5, 5.41) is 7.05. The molecule has 1 aliphatic carbocycles. The van der Waals surface area contributed by atoms with E-state index in [9.17, 15) is 4.79 Å². The van der Waals surface area contributed by atoms with E-state index < -0.39 is 0 Å². The summed E-state index contributed by atoms with van der Waals surface area (Å²) in [5.41, 5.74) is 2.18. The van der Waals surface area contributed by atoms with Crippen LogP contribution in [-0.4, -0.2) is 55.0 Å². The van der Waals surface area contributed by atoms with E-state index in [0.717, 1.165) is 50.2 Å². The molecule has 1 aromatic carbocycles. The summed E-state index contributed by atoms with van der Waals surface area (Å²) < 4.78 is 0. The largest absolute Gasteiger partial charge is 0.357 e. The molecule has 0 radical (unpaired) electrons. The number of hydrogen-bond donors (Lipinski definition) is 2. The van der Waals surface area contributed by atoms with Gasteiger partial charge in [0.15, 0.2) is 5.96 Å². The van der Waals surface area contributed by atoms with Gasteiger partial charge in [-0.2, -0.15) is 0 Å². The molecule has 3 aliphatic rings. The first kappa shape index (κ1) is 24.3. The monoisotopic (exact) mass is 539 g/mol. The molecule has 172 valence electrons. The summed E-state index contributed by atoms with van der Waals surface area (Å²) in [6.45, 7) is 6.79. The number of anilines is 1. The number of nitrogens with zero attached hydrogens (tertiary/aromatic N) is 3. The van der Waals surface area contributed by atoms with E-state index in [0.29, 0.717) is 19.0 Å². The Balaban J connectivity index is 0.00000272. The van der Waals surface area contributed by atoms with E-state index >= 15 is 0 Å². The van der Waals surface area contributed by atoms with Crippen LogP contribution in [0.25, 0.3) is 0 Å². The lowest BCUT2D eigenvalue weighted by molar-refractivity contribution is -0.119. The molecule has 2 heterocycles. The molecule has 1 amide bonds. The van der Waals surface area contributed by atoms with Crippen molar-refractivity contribution in [3.8, 4) is 0 Å². The van der Waals surface area contributed by atoms with Crippen molar-refractivity contribution in [2.45, 2.75) is 76.9 Å². The standard InChI is InChI=1S/C24H37N5O.HI/c1-2-25-24(27-20-14-16-28(18-20)21-7-3-4-8-21)26-17-19-10-12-22(13-11-19)29-15-6-5-9-23(29)30;/h10-13,20-21H,2-9,14-18H2,1H3,(H2,25,26,27);1H. The quantitative estimate of drug-likeness (QED) is 0.327. The number of nitrogens with one attached hydrogen (secondary N) is 2. The van der Waals surface area contributed by atoms with Crippen molar-refractivity contribution < 1.29 is 4.79 Å². The second kappa shape index (κ2) is 12.0. The highest BCUT2D eigenvalue weighted by Gasteiger charge is 2.30. The third kappa shape index (κ3) is 6.57. The first-order chi connectivity index (χ1) is 14.7. The molecule has 1 atom stereocenters. The van der Waals surface area contributed by atoms with Gasteiger partial charge in [-0.05, 0) is 56.7 Å². The van der Waals surface area contributed by atoms with Crippen molar-refractivity contribution >= 4 is 41.5 Å². The van der Waals surface area contributed by atoms with E-state index in [1.54, 1.807) is 0 Å². The molecule has 0 aromatic heterocycles. The van der Waals surface area contributed by atoms with Gasteiger partial charge in [-0.25, -0.2) is 4.99 Å². The number of rotatable bonds is 6. The van der Waals surface area contributed by atoms with E-state index in [-0.39, 0.29) is 29.9 Å². The van der Waals surface area contributed by atoms with Crippen LogP contribution in [0.4, 0.5) is 5.69 Å². The lowest BCUT2D eigenvalue weighted by Gasteiger charge is -2.26. The number of piperidine rings is 1. The van der Waals surface area contributed by atoms with Crippen molar-refractivity contribution in [2.75, 3.05) is 31.1 Å². The maximum absolute atomic E-state index is 12.1. The van der Waals surface area contributed by atoms with E-state index in [2.05, 4.69) is 46.7 Å². The first-order valence-corrected chi connectivity index (χ1v) is 11.9. The number of halogens is 1. The van der Waals surface area contributed by atoms with Crippen LogP contribution in [0.2, 0.25) is 0 Å². The average molecular weight is 540 g/mol. The van der Waals surface area contributed by atoms with Gasteiger partial charge >= 0.3 is 0 Å². The van der Waals surface area contributed by atoms with Crippen LogP contribution in [0.5, 0.6) is 0 Å². The highest BCUT2D eigenvalue weighted by molar-refractivity contribution is 14.0. The second-order valence-electron chi connectivity index (χ2n) is 8.93. The Kier molecular flexibility index (Phi) is 9.44. The number of guanidine groups is 1. The Morgan fingerprint density at radius 3 is 2.55 bits per heavy atom. The third-order valence-electron chi connectivity index (χ3n) is 6.74. The predicted octanol–water partition coefficient (Wildman–Crippen LogP) is 3.89. The maximum atomic E-state index is 12.1. The van der Waals surface area contributed by atoms with E-state index in [1.807, 2.05) is 4.90 Å². The minimum absolute atomic E-state index is 0. The number of likely N-dealkylation sites (tertiary alicyclic amines) is 1. The number of carbonyl (C=O) groups is 1. The van der Waals surface area contributed by atoms with Gasteiger partial charge in [0, 0.05) is 50.4 Å². The number of carbonyl (C=O) groups excluding carboxylic acids is 1. The van der Waals surface area contributed by atoms with Crippen LogP contribution in [0.1, 0.15) is 63.9 Å². The van der Waals surface area contributed by atoms with Crippen LogP contribution >= 0.6 is 24.0 Å². The summed E-state index contributed by atoms with van der Waals surface area (Å²) >= 11 is 0. The van der Waals surface area contributed by atoms with E-state index in [1.165, 1.54) is 44.2 Å². The summed E-state index contributed by atoms with van der Waals surface area (Å²) in [7, 11) is 0. The van der Waals surface area contributed by atoms with Gasteiger partial charge in [-0.1, -0.05) is 25.0 Å². The first-order valence-electron chi connectivity index (χ1n) is 11.9. The molecule has 6 nitrogen and oxygen atoms in total. The summed E-state index contributed by atoms with van der Waals surface area (Å²) in [4.78, 5) is 21.5. The number of aliphatic imine (C=N–C) groups is 1. The lowest BCUT2D eigenvalue weighted by Crippen LogP contribution is -2.45. The van der Waals surface area contributed by atoms with Gasteiger partial charge in [-0.15, -0.1) is 24.0 Å². The van der Waals surface area contributed by atoms with Crippen LogP contribution in [-0.2, 0) is 11.3 Å². The van der Waals surface area contributed by atoms with Gasteiger partial charge in [0.25, 0.3) is 0 Å². The zero-order chi connectivity index (χ0) is 20.8. The molecule has 2 aliphatic heterocycles. The molecule has 2 N–H and O–H groups in total. The van der Waals surface area contributed by atoms with Crippen molar-refractivity contribution in [3.05, 3.63) is 29.8 Å². The second-order valence-corrected chi connectivity index (χ2v) is 8.93. The van der Waals surface area contributed by atoms with Crippen molar-refractivity contribution in [1.82, 2.24) is 15.5 Å². The molecule has 31 heavy (non-hydrogen) atoms. The molecule has 3 fully saturated rings. The zero-order valence-corrected chi connectivity index (χ0v) is 21.1. The highest BCUT2D eigenvalue weighted by atomic mass is 127. The Labute approximate surface area is 204 Å². The third-order valence-corrected chi connectivity index (χ3v) is 6.74. The minimum Gasteiger partial charge on any atom is -0.357 e. The number of benzene rings is 1. The summed E-state index contributed by atoms with van der Waals surface area (Å²) in [5.74, 6) is 1.15. The number of hydrogen-bond acceptors (Lipinski definition) is 3. The van der Waals surface area contributed by atoms with Gasteiger partial charge in [0.05, 0.1) is 6.54 Å². The van der Waals surface area contributed by atoms with Crippen molar-refractivity contribution in [3.63, 3.8) is 0 Å². The van der Waals surface area contributed by atoms with Crippen LogP contribution in [0, 0.1) is 0 Å². The molecular weight excluding hydrogens is 501 g/mol. The van der Waals surface area contributed by atoms with Gasteiger partial charge in [0.1, 0.15) is 0 Å². The molecule has 1 saturated carbocycles. The fourth-order valence-electron chi connectivity index (χ4n) is 5.05. The maximum Gasteiger partial charge on any atom is 0.226 e. The fourth-order valence-corrected chi connectivity index (χ4v) is 5.05. The Morgan fingerprint density at radius 1 is 1.06 bits per heavy atom. The zero-order valence-electron chi connectivity index (χ0n) is 18.8. The van der Waals surface area contributed by atoms with Gasteiger partial charge in [-0.3, -0.25) is 9.69 Å². The molecule has 2 saturated heterocycles. The van der Waals surface area contributed by atoms with Crippen LogP contribution < -0.4 is 15.5 Å². The minimum atomic E-state index is 0. The average Bonchev–Trinajstić information content (AvgIpc) is 3.45. The summed E-state index contributed by atoms with van der Waals surface area (Å²) in [6, 6.07) is 9.61. The van der Waals surface area contributed by atoms with Crippen molar-refractivity contribution in [1.29, 1.82) is 0 Å². The Hall–Kier alpha value is -1.35. The molecule has 0 bridgehead atoms. The topological polar surface area (TPSA) is 60.0 Å². The predicted molar refractivity (Wildman–Crippen MR) is 138 cm³/mol. The van der Waals surface area contributed by atoms with Crippen LogP contribution in [0.3, 0.4) is 0 Å². The Bertz CT molecular complexity index is 732. The fraction of sp³-hybridized carbons (Fsp3) is 0.667. The van der Waals surface area contributed by atoms with Crippen LogP contribution in [0.15, 0.2) is 29.3 Å². The molecular formula is C24H38IN5O. The SMILES string of the molecule is CCNC(=NCc1ccc(N2CCCCC2=O)cc1)NC1CCN(C2CCCC2)C1.I. The Morgan fingerprint density at radius 2 is 1.84 bits per heavy atom. The molecule has 7 heteroatoms. The normalized spacial score (nSPS) is 23.1. The van der Waals surface area contributed by atoms with Gasteiger partial charge in [0.2, 0.25) is 5.91 Å². The van der Waals surface area contributed by atoms with Crippen molar-refractivity contribution in [2.24, 2.45) is 4.99 Å². The molecule has 0 spiro atoms. The molecule has 4 rings (SSSR count). The summed E-state index contributed by atoms with van der Waals surface area (Å²) in [6.07, 6.45) is 9.51. The lowest BCUT2D eigenvalue weighted by atomic mass is 10.1. The highest BCUT2D eigenvalue weighted by Crippen LogP contribution is 2.26. The van der Waals surface area contributed by atoms with Gasteiger partial charge < -0.3 is 15.5 Å². The molecule has 1 unspecified atom stereocenters.